The van der Waals surface area contributed by atoms with E-state index in [-0.39, 0.29) is 5.78 Å². The number of anilines is 1. The highest BCUT2D eigenvalue weighted by molar-refractivity contribution is 6.07. The molecule has 0 radical (unpaired) electrons. The fourth-order valence-electron chi connectivity index (χ4n) is 2.89. The molecule has 0 spiro atoms. The lowest BCUT2D eigenvalue weighted by atomic mass is 10.1. The molecule has 3 aromatic rings. The predicted octanol–water partition coefficient (Wildman–Crippen LogP) is 3.89. The van der Waals surface area contributed by atoms with Crippen molar-refractivity contribution < 1.29 is 19.0 Å². The Labute approximate surface area is 169 Å². The average Bonchev–Trinajstić information content (AvgIpc) is 3.21. The third kappa shape index (κ3) is 4.24. The van der Waals surface area contributed by atoms with Crippen LogP contribution in [0.25, 0.3) is 17.3 Å². The Morgan fingerprint density at radius 3 is 2.31 bits per heavy atom. The first-order valence-electron chi connectivity index (χ1n) is 8.91. The van der Waals surface area contributed by atoms with Gasteiger partial charge in [0.2, 0.25) is 5.75 Å². The SMILES string of the molecule is COc1cc(-c2cc(/C=C/C(=O)c3ccc(N)c(C)c3)[nH]n2)cc(OC)c1OC. The Morgan fingerprint density at radius 2 is 1.72 bits per heavy atom. The van der Waals surface area contributed by atoms with Gasteiger partial charge in [-0.2, -0.15) is 5.10 Å². The smallest absolute Gasteiger partial charge is 0.203 e. The number of hydrogen-bond acceptors (Lipinski definition) is 6. The number of nitrogen functional groups attached to an aromatic ring is 1. The summed E-state index contributed by atoms with van der Waals surface area (Å²) in [5.41, 5.74) is 10.1. The molecule has 0 bridgehead atoms. The lowest BCUT2D eigenvalue weighted by molar-refractivity contribution is 0.104. The van der Waals surface area contributed by atoms with Crippen LogP contribution in [-0.2, 0) is 0 Å². The van der Waals surface area contributed by atoms with E-state index in [1.807, 2.05) is 25.1 Å². The number of aromatic nitrogens is 2. The van der Waals surface area contributed by atoms with Crippen LogP contribution in [0.4, 0.5) is 5.69 Å². The van der Waals surface area contributed by atoms with Crippen LogP contribution in [0, 0.1) is 6.92 Å². The molecule has 0 aliphatic carbocycles. The molecule has 0 fully saturated rings. The lowest BCUT2D eigenvalue weighted by Gasteiger charge is -2.13. The molecule has 1 heterocycles. The standard InChI is InChI=1S/C22H23N3O4/c1-13-9-14(5-7-17(13)23)19(26)8-6-16-12-18(25-24-16)15-10-20(27-2)22(29-4)21(11-15)28-3/h5-12H,23H2,1-4H3,(H,24,25)/b8-6+. The van der Waals surface area contributed by atoms with Crippen molar-refractivity contribution in [3.05, 3.63) is 59.3 Å². The number of ketones is 1. The summed E-state index contributed by atoms with van der Waals surface area (Å²) in [4.78, 5) is 12.4. The number of allylic oxidation sites excluding steroid dienone is 1. The number of rotatable bonds is 7. The molecule has 0 amide bonds. The predicted molar refractivity (Wildman–Crippen MR) is 113 cm³/mol. The first-order valence-corrected chi connectivity index (χ1v) is 8.91. The molecular formula is C22H23N3O4. The zero-order valence-electron chi connectivity index (χ0n) is 16.8. The molecule has 0 saturated carbocycles. The molecule has 3 rings (SSSR count). The number of H-pyrrole nitrogens is 1. The van der Waals surface area contributed by atoms with Gasteiger partial charge in [-0.1, -0.05) is 0 Å². The summed E-state index contributed by atoms with van der Waals surface area (Å²) in [5.74, 6) is 1.47. The normalized spacial score (nSPS) is 10.9. The van der Waals surface area contributed by atoms with E-state index < -0.39 is 0 Å². The third-order valence-electron chi connectivity index (χ3n) is 4.53. The van der Waals surface area contributed by atoms with Gasteiger partial charge in [0, 0.05) is 16.8 Å². The van der Waals surface area contributed by atoms with Gasteiger partial charge in [-0.05, 0) is 61.0 Å². The van der Waals surface area contributed by atoms with E-state index in [1.54, 1.807) is 45.6 Å². The van der Waals surface area contributed by atoms with Crippen molar-refractivity contribution in [3.8, 4) is 28.5 Å². The van der Waals surface area contributed by atoms with Gasteiger partial charge < -0.3 is 19.9 Å². The summed E-state index contributed by atoms with van der Waals surface area (Å²) in [6.07, 6.45) is 3.18. The van der Waals surface area contributed by atoms with Crippen molar-refractivity contribution >= 4 is 17.5 Å². The molecule has 3 N–H and O–H groups in total. The van der Waals surface area contributed by atoms with Crippen molar-refractivity contribution in [1.82, 2.24) is 10.2 Å². The molecule has 7 nitrogen and oxygen atoms in total. The Morgan fingerprint density at radius 1 is 1.03 bits per heavy atom. The summed E-state index contributed by atoms with van der Waals surface area (Å²) in [6.45, 7) is 1.87. The molecule has 0 saturated heterocycles. The van der Waals surface area contributed by atoms with Crippen LogP contribution in [0.1, 0.15) is 21.6 Å². The quantitative estimate of drug-likeness (QED) is 0.359. The number of ether oxygens (including phenoxy) is 3. The van der Waals surface area contributed by atoms with Crippen LogP contribution in [0.15, 0.2) is 42.5 Å². The summed E-state index contributed by atoms with van der Waals surface area (Å²) >= 11 is 0. The fourth-order valence-corrected chi connectivity index (χ4v) is 2.89. The number of carbonyl (C=O) groups excluding carboxylic acids is 1. The summed E-state index contributed by atoms with van der Waals surface area (Å²) in [6, 6.07) is 10.7. The van der Waals surface area contributed by atoms with Gasteiger partial charge in [0.25, 0.3) is 0 Å². The van der Waals surface area contributed by atoms with Crippen molar-refractivity contribution in [2.45, 2.75) is 6.92 Å². The zero-order valence-corrected chi connectivity index (χ0v) is 16.8. The molecule has 0 aliphatic rings. The highest BCUT2D eigenvalue weighted by atomic mass is 16.5. The minimum absolute atomic E-state index is 0.114. The summed E-state index contributed by atoms with van der Waals surface area (Å²) < 4.78 is 16.1. The molecule has 0 unspecified atom stereocenters. The van der Waals surface area contributed by atoms with E-state index >= 15 is 0 Å². The van der Waals surface area contributed by atoms with Crippen molar-refractivity contribution in [2.75, 3.05) is 27.1 Å². The number of hydrogen-bond donors (Lipinski definition) is 2. The molecule has 0 atom stereocenters. The molecule has 29 heavy (non-hydrogen) atoms. The maximum absolute atomic E-state index is 12.4. The number of carbonyl (C=O) groups is 1. The number of aromatic amines is 1. The van der Waals surface area contributed by atoms with Crippen molar-refractivity contribution in [1.29, 1.82) is 0 Å². The molecule has 7 heteroatoms. The zero-order chi connectivity index (χ0) is 21.0. The van der Waals surface area contributed by atoms with Crippen LogP contribution in [0.5, 0.6) is 17.2 Å². The first-order chi connectivity index (χ1) is 14.0. The third-order valence-corrected chi connectivity index (χ3v) is 4.53. The Bertz CT molecular complexity index is 1040. The summed E-state index contributed by atoms with van der Waals surface area (Å²) in [7, 11) is 4.67. The highest BCUT2D eigenvalue weighted by Crippen LogP contribution is 2.40. The first kappa shape index (κ1) is 20.0. The van der Waals surface area contributed by atoms with Gasteiger partial charge in [0.1, 0.15) is 0 Å². The van der Waals surface area contributed by atoms with Crippen molar-refractivity contribution in [2.24, 2.45) is 0 Å². The molecular weight excluding hydrogens is 370 g/mol. The molecule has 0 aliphatic heterocycles. The van der Waals surface area contributed by atoms with Crippen LogP contribution >= 0.6 is 0 Å². The monoisotopic (exact) mass is 393 g/mol. The molecule has 150 valence electrons. The largest absolute Gasteiger partial charge is 0.493 e. The van der Waals surface area contributed by atoms with Crippen molar-refractivity contribution in [3.63, 3.8) is 0 Å². The van der Waals surface area contributed by atoms with E-state index in [1.165, 1.54) is 6.08 Å². The minimum atomic E-state index is -0.114. The molecule has 1 aromatic heterocycles. The highest BCUT2D eigenvalue weighted by Gasteiger charge is 2.15. The average molecular weight is 393 g/mol. The second-order valence-electron chi connectivity index (χ2n) is 6.39. The number of nitrogens with zero attached hydrogens (tertiary/aromatic N) is 1. The van der Waals surface area contributed by atoms with Crippen LogP contribution < -0.4 is 19.9 Å². The van der Waals surface area contributed by atoms with E-state index in [0.717, 1.165) is 11.1 Å². The second-order valence-corrected chi connectivity index (χ2v) is 6.39. The Balaban J connectivity index is 1.84. The Hall–Kier alpha value is -3.74. The van der Waals surface area contributed by atoms with Gasteiger partial charge in [0.15, 0.2) is 17.3 Å². The van der Waals surface area contributed by atoms with Crippen LogP contribution in [-0.4, -0.2) is 37.3 Å². The van der Waals surface area contributed by atoms with E-state index in [0.29, 0.717) is 39.9 Å². The van der Waals surface area contributed by atoms with Gasteiger partial charge in [-0.15, -0.1) is 0 Å². The van der Waals surface area contributed by atoms with E-state index in [2.05, 4.69) is 10.2 Å². The van der Waals surface area contributed by atoms with Gasteiger partial charge >= 0.3 is 0 Å². The lowest BCUT2D eigenvalue weighted by Crippen LogP contribution is -1.97. The topological polar surface area (TPSA) is 99.5 Å². The second kappa shape index (κ2) is 8.52. The number of benzene rings is 2. The van der Waals surface area contributed by atoms with E-state index in [9.17, 15) is 4.79 Å². The van der Waals surface area contributed by atoms with Crippen LogP contribution in [0.2, 0.25) is 0 Å². The van der Waals surface area contributed by atoms with Crippen LogP contribution in [0.3, 0.4) is 0 Å². The maximum atomic E-state index is 12.4. The molecule has 2 aromatic carbocycles. The number of nitrogens with one attached hydrogen (secondary N) is 1. The van der Waals surface area contributed by atoms with Gasteiger partial charge in [-0.25, -0.2) is 0 Å². The maximum Gasteiger partial charge on any atom is 0.203 e. The summed E-state index contributed by atoms with van der Waals surface area (Å²) in [5, 5.41) is 7.23. The van der Waals surface area contributed by atoms with E-state index in [4.69, 9.17) is 19.9 Å². The number of methoxy groups -OCH3 is 3. The minimum Gasteiger partial charge on any atom is -0.493 e. The fraction of sp³-hybridized carbons (Fsp3) is 0.182. The van der Waals surface area contributed by atoms with Gasteiger partial charge in [-0.3, -0.25) is 9.89 Å². The number of aryl methyl sites for hydroxylation is 1. The number of nitrogens with two attached hydrogens (primary N) is 1. The Kier molecular flexibility index (Phi) is 5.87. The van der Waals surface area contributed by atoms with Gasteiger partial charge in [0.05, 0.1) is 32.7 Å².